The van der Waals surface area contributed by atoms with Gasteiger partial charge in [-0.15, -0.1) is 0 Å². The van der Waals surface area contributed by atoms with E-state index >= 15 is 0 Å². The van der Waals surface area contributed by atoms with Crippen LogP contribution in [0.1, 0.15) is 59.3 Å². The minimum atomic E-state index is -0.921. The average molecular weight is 458 g/mol. The van der Waals surface area contributed by atoms with Gasteiger partial charge in [0.2, 0.25) is 11.8 Å². The fourth-order valence-corrected chi connectivity index (χ4v) is 4.16. The van der Waals surface area contributed by atoms with Gasteiger partial charge in [0, 0.05) is 37.2 Å². The van der Waals surface area contributed by atoms with E-state index in [-0.39, 0.29) is 55.1 Å². The highest BCUT2D eigenvalue weighted by atomic mass is 16.5. The van der Waals surface area contributed by atoms with Crippen molar-refractivity contribution in [1.82, 2.24) is 5.32 Å². The number of esters is 1. The number of piperidine rings is 1. The smallest absolute Gasteiger partial charge is 0.331 e. The second kappa shape index (κ2) is 13.0. The zero-order valence-electron chi connectivity index (χ0n) is 19.7. The molecule has 1 saturated heterocycles. The molecule has 33 heavy (non-hydrogen) atoms. The maximum absolute atomic E-state index is 12.7. The molecule has 2 aliphatic rings. The summed E-state index contributed by atoms with van der Waals surface area (Å²) in [6.07, 6.45) is 13.6. The first kappa shape index (κ1) is 26.5. The van der Waals surface area contributed by atoms with Crippen LogP contribution in [0.5, 0.6) is 0 Å². The highest BCUT2D eigenvalue weighted by molar-refractivity contribution is 5.97. The van der Waals surface area contributed by atoms with Crippen LogP contribution in [0.15, 0.2) is 48.1 Å². The van der Waals surface area contributed by atoms with Crippen LogP contribution in [0.25, 0.3) is 0 Å². The summed E-state index contributed by atoms with van der Waals surface area (Å²) < 4.78 is 5.68. The van der Waals surface area contributed by atoms with Crippen molar-refractivity contribution >= 4 is 23.6 Å². The number of carbonyl (C=O) groups excluding carboxylic acids is 4. The summed E-state index contributed by atoms with van der Waals surface area (Å²) in [6, 6.07) is 0. The molecule has 0 saturated carbocycles. The maximum atomic E-state index is 12.7. The number of ketones is 1. The lowest BCUT2D eigenvalue weighted by molar-refractivity contribution is -0.142. The quantitative estimate of drug-likeness (QED) is 0.345. The van der Waals surface area contributed by atoms with Gasteiger partial charge in [0.05, 0.1) is 6.10 Å². The molecule has 0 spiro atoms. The molecule has 0 aromatic carbocycles. The standard InChI is InChI=1S/C26H35NO6/c1-17-10-8-6-4-5-7-9-11-25(32)33-26(17)19(3)12-18(2)22(29)16-21(28)13-20-14-23(30)27-24(31)15-20/h4,6,8-12,17-18,20-21,26,28H,5,7,13-16H2,1-3H3,(H,27,30,31)/b6-4+,10-8-,11-9+,19-12+/t17-,18-,21+,26?/m0/s1. The fourth-order valence-electron chi connectivity index (χ4n) is 4.16. The molecule has 2 heterocycles. The number of ether oxygens (including phenoxy) is 1. The highest BCUT2D eigenvalue weighted by Gasteiger charge is 2.28. The number of cyclic esters (lactones) is 1. The molecule has 0 aromatic rings. The number of carbonyl (C=O) groups is 4. The zero-order valence-corrected chi connectivity index (χ0v) is 19.7. The van der Waals surface area contributed by atoms with Crippen LogP contribution in [0, 0.1) is 17.8 Å². The van der Waals surface area contributed by atoms with Gasteiger partial charge in [0.15, 0.2) is 0 Å². The van der Waals surface area contributed by atoms with Gasteiger partial charge in [-0.25, -0.2) is 4.79 Å². The highest BCUT2D eigenvalue weighted by Crippen LogP contribution is 2.24. The lowest BCUT2D eigenvalue weighted by atomic mass is 9.88. The van der Waals surface area contributed by atoms with E-state index in [0.29, 0.717) is 0 Å². The van der Waals surface area contributed by atoms with Gasteiger partial charge >= 0.3 is 5.97 Å². The number of allylic oxidation sites excluding steroid dienone is 5. The van der Waals surface area contributed by atoms with Gasteiger partial charge in [0.25, 0.3) is 0 Å². The van der Waals surface area contributed by atoms with Crippen LogP contribution >= 0.6 is 0 Å². The maximum Gasteiger partial charge on any atom is 0.331 e. The van der Waals surface area contributed by atoms with Gasteiger partial charge in [0.1, 0.15) is 11.9 Å². The normalized spacial score (nSPS) is 27.9. The third-order valence-corrected chi connectivity index (χ3v) is 5.88. The van der Waals surface area contributed by atoms with Crippen LogP contribution in [0.2, 0.25) is 0 Å². The Kier molecular flexibility index (Phi) is 10.5. The van der Waals surface area contributed by atoms with Crippen molar-refractivity contribution in [2.75, 3.05) is 0 Å². The first-order chi connectivity index (χ1) is 15.7. The monoisotopic (exact) mass is 457 g/mol. The van der Waals surface area contributed by atoms with Gasteiger partial charge < -0.3 is 9.84 Å². The molecule has 0 aromatic heterocycles. The first-order valence-corrected chi connectivity index (χ1v) is 11.6. The second-order valence-electron chi connectivity index (χ2n) is 9.01. The Morgan fingerprint density at radius 3 is 2.55 bits per heavy atom. The molecule has 2 amide bonds. The lowest BCUT2D eigenvalue weighted by Gasteiger charge is -2.24. The van der Waals surface area contributed by atoms with E-state index in [0.717, 1.165) is 18.4 Å². The lowest BCUT2D eigenvalue weighted by Crippen LogP contribution is -2.39. The summed E-state index contributed by atoms with van der Waals surface area (Å²) in [5.41, 5.74) is 0.764. The Hall–Kier alpha value is -2.80. The third-order valence-electron chi connectivity index (χ3n) is 5.88. The van der Waals surface area contributed by atoms with Crippen molar-refractivity contribution in [1.29, 1.82) is 0 Å². The second-order valence-corrected chi connectivity index (χ2v) is 9.01. The van der Waals surface area contributed by atoms with Gasteiger partial charge in [-0.3, -0.25) is 19.7 Å². The zero-order chi connectivity index (χ0) is 24.4. The van der Waals surface area contributed by atoms with E-state index in [1.54, 1.807) is 19.1 Å². The number of Topliss-reactive ketones (excluding diaryl/α,β-unsaturated/α-hetero) is 1. The van der Waals surface area contributed by atoms with E-state index < -0.39 is 24.1 Å². The van der Waals surface area contributed by atoms with E-state index in [4.69, 9.17) is 4.74 Å². The van der Waals surface area contributed by atoms with Crippen molar-refractivity contribution in [3.05, 3.63) is 48.1 Å². The molecule has 1 unspecified atom stereocenters. The summed E-state index contributed by atoms with van der Waals surface area (Å²) in [7, 11) is 0. The average Bonchev–Trinajstić information content (AvgIpc) is 2.71. The van der Waals surface area contributed by atoms with E-state index in [9.17, 15) is 24.3 Å². The minimum Gasteiger partial charge on any atom is -0.454 e. The minimum absolute atomic E-state index is 0.0648. The van der Waals surface area contributed by atoms with Gasteiger partial charge in [-0.1, -0.05) is 50.3 Å². The molecule has 7 nitrogen and oxygen atoms in total. The SMILES string of the molecule is C/C(=C\[C@H](C)C(=O)C[C@H](O)CC1CC(=O)NC(=O)C1)C1OC(=O)/C=C/CC/C=C/C=C\[C@@H]1C. The predicted molar refractivity (Wildman–Crippen MR) is 125 cm³/mol. The van der Waals surface area contributed by atoms with Crippen LogP contribution in [0.4, 0.5) is 0 Å². The number of hydrogen-bond donors (Lipinski definition) is 2. The van der Waals surface area contributed by atoms with Crippen molar-refractivity contribution < 1.29 is 29.0 Å². The molecule has 0 aliphatic carbocycles. The molecule has 2 N–H and O–H groups in total. The van der Waals surface area contributed by atoms with E-state index in [2.05, 4.69) is 5.32 Å². The van der Waals surface area contributed by atoms with Gasteiger partial charge in [-0.05, 0) is 37.7 Å². The fraction of sp³-hybridized carbons (Fsp3) is 0.538. The molecule has 2 rings (SSSR count). The van der Waals surface area contributed by atoms with Crippen molar-refractivity contribution in [3.63, 3.8) is 0 Å². The largest absolute Gasteiger partial charge is 0.454 e. The molecule has 180 valence electrons. The Morgan fingerprint density at radius 1 is 1.18 bits per heavy atom. The van der Waals surface area contributed by atoms with Crippen molar-refractivity contribution in [2.45, 2.75) is 71.5 Å². The molecule has 0 radical (unpaired) electrons. The Bertz CT molecular complexity index is 837. The Labute approximate surface area is 195 Å². The summed E-state index contributed by atoms with van der Waals surface area (Å²) in [6.45, 7) is 5.53. The summed E-state index contributed by atoms with van der Waals surface area (Å²) in [5, 5.41) is 12.6. The molecule has 4 atom stereocenters. The predicted octanol–water partition coefficient (Wildman–Crippen LogP) is 3.34. The molecule has 1 fully saturated rings. The summed E-state index contributed by atoms with van der Waals surface area (Å²) >= 11 is 0. The third kappa shape index (κ3) is 9.30. The number of nitrogens with one attached hydrogen (secondary N) is 1. The number of rotatable bonds is 7. The summed E-state index contributed by atoms with van der Waals surface area (Å²) in [4.78, 5) is 47.9. The van der Waals surface area contributed by atoms with Crippen LogP contribution in [-0.2, 0) is 23.9 Å². The number of imide groups is 1. The number of amides is 2. The summed E-state index contributed by atoms with van der Waals surface area (Å²) in [5.74, 6) is -2.10. The van der Waals surface area contributed by atoms with E-state index in [1.807, 2.05) is 38.2 Å². The number of hydrogen-bond acceptors (Lipinski definition) is 6. The number of aliphatic hydroxyl groups is 1. The number of aliphatic hydroxyl groups excluding tert-OH is 1. The van der Waals surface area contributed by atoms with Crippen LogP contribution < -0.4 is 5.32 Å². The van der Waals surface area contributed by atoms with Crippen LogP contribution in [0.3, 0.4) is 0 Å². The van der Waals surface area contributed by atoms with Crippen molar-refractivity contribution in [3.8, 4) is 0 Å². The Morgan fingerprint density at radius 2 is 1.85 bits per heavy atom. The topological polar surface area (TPSA) is 110 Å². The molecule has 7 heteroatoms. The first-order valence-electron chi connectivity index (χ1n) is 11.6. The van der Waals surface area contributed by atoms with Crippen molar-refractivity contribution in [2.24, 2.45) is 17.8 Å². The Balaban J connectivity index is 2.01. The van der Waals surface area contributed by atoms with Crippen LogP contribution in [-0.4, -0.2) is 40.9 Å². The van der Waals surface area contributed by atoms with E-state index in [1.165, 1.54) is 6.08 Å². The molecular weight excluding hydrogens is 422 g/mol. The molecular formula is C26H35NO6. The van der Waals surface area contributed by atoms with Gasteiger partial charge in [-0.2, -0.15) is 0 Å². The molecule has 0 bridgehead atoms. The molecule has 2 aliphatic heterocycles.